The fraction of sp³-hybridized carbons (Fsp3) is 0.933. The van der Waals surface area contributed by atoms with Crippen LogP contribution in [0.2, 0.25) is 0 Å². The number of aliphatic hydroxyl groups is 1. The highest BCUT2D eigenvalue weighted by atomic mass is 16.3. The van der Waals surface area contributed by atoms with Crippen molar-refractivity contribution in [2.75, 3.05) is 19.7 Å². The normalized spacial score (nSPS) is 21.1. The number of nitrogens with zero attached hydrogens (tertiary/aromatic N) is 1. The second kappa shape index (κ2) is 8.54. The van der Waals surface area contributed by atoms with Crippen molar-refractivity contribution >= 4 is 5.91 Å². The molecule has 1 amide bonds. The fourth-order valence-corrected chi connectivity index (χ4v) is 3.08. The molecule has 2 atom stereocenters. The molecule has 0 bridgehead atoms. The van der Waals surface area contributed by atoms with Crippen molar-refractivity contribution in [1.29, 1.82) is 0 Å². The van der Waals surface area contributed by atoms with Crippen LogP contribution in [0.5, 0.6) is 0 Å². The van der Waals surface area contributed by atoms with E-state index in [-0.39, 0.29) is 12.5 Å². The van der Waals surface area contributed by atoms with E-state index in [9.17, 15) is 4.79 Å². The number of amides is 1. The molecule has 4 nitrogen and oxygen atoms in total. The molecule has 4 heteroatoms. The lowest BCUT2D eigenvalue weighted by molar-refractivity contribution is -0.133. The monoisotopic (exact) mass is 270 g/mol. The van der Waals surface area contributed by atoms with E-state index in [0.29, 0.717) is 30.8 Å². The summed E-state index contributed by atoms with van der Waals surface area (Å²) in [5.74, 6) is 1.16. The van der Waals surface area contributed by atoms with Gasteiger partial charge in [0.15, 0.2) is 0 Å². The smallest absolute Gasteiger partial charge is 0.223 e. The van der Waals surface area contributed by atoms with Crippen LogP contribution in [0.3, 0.4) is 0 Å². The van der Waals surface area contributed by atoms with Gasteiger partial charge in [0, 0.05) is 25.6 Å². The predicted octanol–water partition coefficient (Wildman–Crippen LogP) is 1.76. The second-order valence-corrected chi connectivity index (χ2v) is 6.18. The Balaban J connectivity index is 2.46. The van der Waals surface area contributed by atoms with E-state index in [1.54, 1.807) is 0 Å². The first kappa shape index (κ1) is 16.4. The molecule has 19 heavy (non-hydrogen) atoms. The van der Waals surface area contributed by atoms with Crippen LogP contribution >= 0.6 is 0 Å². The van der Waals surface area contributed by atoms with Crippen molar-refractivity contribution in [3.63, 3.8) is 0 Å². The van der Waals surface area contributed by atoms with Gasteiger partial charge < -0.3 is 15.7 Å². The molecular formula is C15H30N2O2. The van der Waals surface area contributed by atoms with E-state index >= 15 is 0 Å². The third kappa shape index (κ3) is 5.49. The Bertz CT molecular complexity index is 269. The molecule has 1 saturated heterocycles. The van der Waals surface area contributed by atoms with Gasteiger partial charge in [-0.25, -0.2) is 0 Å². The van der Waals surface area contributed by atoms with Gasteiger partial charge in [-0.05, 0) is 50.5 Å². The van der Waals surface area contributed by atoms with Crippen molar-refractivity contribution < 1.29 is 9.90 Å². The predicted molar refractivity (Wildman–Crippen MR) is 77.7 cm³/mol. The highest BCUT2D eigenvalue weighted by Gasteiger charge is 2.29. The Morgan fingerprint density at radius 2 is 2.21 bits per heavy atom. The third-order valence-electron chi connectivity index (χ3n) is 3.99. The second-order valence-electron chi connectivity index (χ2n) is 6.18. The van der Waals surface area contributed by atoms with Gasteiger partial charge in [-0.1, -0.05) is 13.8 Å². The minimum atomic E-state index is 0.220. The summed E-state index contributed by atoms with van der Waals surface area (Å²) < 4.78 is 0. The number of hydrogen-bond acceptors (Lipinski definition) is 3. The summed E-state index contributed by atoms with van der Waals surface area (Å²) in [6, 6.07) is 0.345. The number of likely N-dealkylation sites (tertiary alicyclic amines) is 1. The topological polar surface area (TPSA) is 66.6 Å². The Morgan fingerprint density at radius 3 is 2.79 bits per heavy atom. The molecule has 0 aromatic rings. The molecule has 1 fully saturated rings. The number of carbonyl (C=O) groups excluding carboxylic acids is 1. The van der Waals surface area contributed by atoms with Crippen LogP contribution in [0.1, 0.15) is 52.4 Å². The van der Waals surface area contributed by atoms with Crippen molar-refractivity contribution in [1.82, 2.24) is 4.90 Å². The Hall–Kier alpha value is -0.610. The summed E-state index contributed by atoms with van der Waals surface area (Å²) in [5, 5.41) is 8.91. The van der Waals surface area contributed by atoms with Crippen LogP contribution in [0.25, 0.3) is 0 Å². The first-order valence-corrected chi connectivity index (χ1v) is 7.68. The van der Waals surface area contributed by atoms with E-state index in [1.165, 1.54) is 0 Å². The Kier molecular flexibility index (Phi) is 7.39. The number of hydrogen-bond donors (Lipinski definition) is 2. The molecule has 1 heterocycles. The average molecular weight is 270 g/mol. The number of aliphatic hydroxyl groups excluding tert-OH is 1. The van der Waals surface area contributed by atoms with Crippen LogP contribution in [0, 0.1) is 11.8 Å². The summed E-state index contributed by atoms with van der Waals surface area (Å²) in [6.07, 6.45) is 5.52. The third-order valence-corrected chi connectivity index (χ3v) is 3.99. The molecule has 1 aliphatic rings. The first-order valence-electron chi connectivity index (χ1n) is 7.68. The molecule has 0 radical (unpaired) electrons. The maximum absolute atomic E-state index is 12.4. The van der Waals surface area contributed by atoms with E-state index < -0.39 is 0 Å². The number of rotatable bonds is 8. The summed E-state index contributed by atoms with van der Waals surface area (Å²) >= 11 is 0. The molecule has 112 valence electrons. The largest absolute Gasteiger partial charge is 0.396 e. The zero-order chi connectivity index (χ0) is 14.3. The van der Waals surface area contributed by atoms with E-state index in [1.807, 2.05) is 4.90 Å². The molecule has 0 aromatic carbocycles. The Labute approximate surface area is 117 Å². The van der Waals surface area contributed by atoms with Crippen LogP contribution < -0.4 is 5.73 Å². The zero-order valence-electron chi connectivity index (χ0n) is 12.5. The van der Waals surface area contributed by atoms with E-state index in [2.05, 4.69) is 13.8 Å². The van der Waals surface area contributed by atoms with Crippen LogP contribution in [-0.4, -0.2) is 41.7 Å². The van der Waals surface area contributed by atoms with Gasteiger partial charge in [0.05, 0.1) is 0 Å². The van der Waals surface area contributed by atoms with Gasteiger partial charge in [-0.15, -0.1) is 0 Å². The lowest BCUT2D eigenvalue weighted by atomic mass is 9.93. The molecule has 0 spiro atoms. The molecule has 0 aliphatic carbocycles. The number of nitrogens with two attached hydrogens (primary N) is 1. The maximum Gasteiger partial charge on any atom is 0.223 e. The number of carbonyl (C=O) groups is 1. The van der Waals surface area contributed by atoms with Gasteiger partial charge in [-0.3, -0.25) is 4.79 Å². The standard InChI is InChI=1S/C15H30N2O2/c1-12(2)9-13(11-16)10-15(19)17-7-3-5-14(17)6-4-8-18/h12-14,18H,3-11,16H2,1-2H3/t13-,14?/m0/s1. The molecular weight excluding hydrogens is 240 g/mol. The quantitative estimate of drug-likeness (QED) is 0.706. The molecule has 0 saturated carbocycles. The van der Waals surface area contributed by atoms with Crippen LogP contribution in [-0.2, 0) is 4.79 Å². The van der Waals surface area contributed by atoms with Crippen molar-refractivity contribution in [2.45, 2.75) is 58.4 Å². The first-order chi connectivity index (χ1) is 9.08. The van der Waals surface area contributed by atoms with Crippen molar-refractivity contribution in [3.8, 4) is 0 Å². The average Bonchev–Trinajstić information content (AvgIpc) is 2.83. The van der Waals surface area contributed by atoms with Crippen molar-refractivity contribution in [3.05, 3.63) is 0 Å². The summed E-state index contributed by atoms with van der Waals surface area (Å²) in [5.41, 5.74) is 5.78. The molecule has 0 aromatic heterocycles. The van der Waals surface area contributed by atoms with E-state index in [4.69, 9.17) is 10.8 Å². The zero-order valence-corrected chi connectivity index (χ0v) is 12.5. The van der Waals surface area contributed by atoms with Gasteiger partial charge in [0.2, 0.25) is 5.91 Å². The highest BCUT2D eigenvalue weighted by Crippen LogP contribution is 2.24. The minimum Gasteiger partial charge on any atom is -0.396 e. The van der Waals surface area contributed by atoms with Gasteiger partial charge >= 0.3 is 0 Å². The van der Waals surface area contributed by atoms with Crippen LogP contribution in [0.15, 0.2) is 0 Å². The lowest BCUT2D eigenvalue weighted by Gasteiger charge is -2.27. The molecule has 1 unspecified atom stereocenters. The van der Waals surface area contributed by atoms with E-state index in [0.717, 1.165) is 38.6 Å². The summed E-state index contributed by atoms with van der Waals surface area (Å²) in [7, 11) is 0. The Morgan fingerprint density at radius 1 is 1.47 bits per heavy atom. The SMILES string of the molecule is CC(C)C[C@H](CN)CC(=O)N1CCCC1CCCO. The minimum absolute atomic E-state index is 0.220. The van der Waals surface area contributed by atoms with Gasteiger partial charge in [-0.2, -0.15) is 0 Å². The van der Waals surface area contributed by atoms with Crippen molar-refractivity contribution in [2.24, 2.45) is 17.6 Å². The molecule has 1 aliphatic heterocycles. The highest BCUT2D eigenvalue weighted by molar-refractivity contribution is 5.77. The summed E-state index contributed by atoms with van der Waals surface area (Å²) in [6.45, 7) is 6.05. The lowest BCUT2D eigenvalue weighted by Crippen LogP contribution is -2.37. The van der Waals surface area contributed by atoms with Gasteiger partial charge in [0.25, 0.3) is 0 Å². The van der Waals surface area contributed by atoms with Crippen LogP contribution in [0.4, 0.5) is 0 Å². The fourth-order valence-electron chi connectivity index (χ4n) is 3.08. The maximum atomic E-state index is 12.4. The van der Waals surface area contributed by atoms with Gasteiger partial charge in [0.1, 0.15) is 0 Å². The molecule has 1 rings (SSSR count). The molecule has 3 N–H and O–H groups in total. The summed E-state index contributed by atoms with van der Waals surface area (Å²) in [4.78, 5) is 14.4.